The highest BCUT2D eigenvalue weighted by atomic mass is 14.8. The van der Waals surface area contributed by atoms with Crippen LogP contribution in [0.1, 0.15) is 25.7 Å². The number of hydrogen-bond acceptors (Lipinski definition) is 0. The maximum Gasteiger partial charge on any atom is -0.0235 e. The van der Waals surface area contributed by atoms with Crippen LogP contribution < -0.4 is 0 Å². The van der Waals surface area contributed by atoms with E-state index in [0.717, 1.165) is 5.41 Å². The van der Waals surface area contributed by atoms with Crippen LogP contribution >= 0.6 is 0 Å². The molecule has 0 aliphatic heterocycles. The van der Waals surface area contributed by atoms with Crippen LogP contribution in [-0.2, 0) is 0 Å². The van der Waals surface area contributed by atoms with Gasteiger partial charge in [-0.3, -0.25) is 0 Å². The lowest BCUT2D eigenvalue weighted by Crippen LogP contribution is -1.85. The predicted octanol–water partition coefficient (Wildman–Crippen LogP) is 1.81. The van der Waals surface area contributed by atoms with E-state index in [4.69, 9.17) is 0 Å². The fraction of sp³-hybridized carbons (Fsp3) is 1.00. The molecule has 0 heterocycles. The minimum absolute atomic E-state index is 1.03. The highest BCUT2D eigenvalue weighted by molar-refractivity contribution is 5.23. The molecule has 3 aliphatic rings. The topological polar surface area (TPSA) is 0 Å². The molecule has 0 heteroatoms. The SMILES string of the molecule is C1CC1C12CC1C2. The van der Waals surface area contributed by atoms with Gasteiger partial charge in [0.05, 0.1) is 0 Å². The van der Waals surface area contributed by atoms with Crippen molar-refractivity contribution in [3.63, 3.8) is 0 Å². The summed E-state index contributed by atoms with van der Waals surface area (Å²) in [5.41, 5.74) is 1.03. The molecule has 0 N–H and O–H groups in total. The second-order valence-corrected chi connectivity index (χ2v) is 3.61. The Morgan fingerprint density at radius 3 is 1.71 bits per heavy atom. The summed E-state index contributed by atoms with van der Waals surface area (Å²) in [7, 11) is 0. The summed E-state index contributed by atoms with van der Waals surface area (Å²) >= 11 is 0. The van der Waals surface area contributed by atoms with E-state index in [9.17, 15) is 0 Å². The smallest absolute Gasteiger partial charge is 0.0235 e. The quantitative estimate of drug-likeness (QED) is 0.465. The minimum atomic E-state index is 1.03. The van der Waals surface area contributed by atoms with Gasteiger partial charge in [-0.1, -0.05) is 0 Å². The Morgan fingerprint density at radius 1 is 1.00 bits per heavy atom. The first-order chi connectivity index (χ1) is 3.42. The van der Waals surface area contributed by atoms with Gasteiger partial charge in [0.1, 0.15) is 0 Å². The van der Waals surface area contributed by atoms with Gasteiger partial charge in [0.2, 0.25) is 0 Å². The molecule has 0 amide bonds. The highest BCUT2D eigenvalue weighted by Gasteiger charge is 2.74. The molecule has 0 atom stereocenters. The molecule has 0 radical (unpaired) electrons. The number of rotatable bonds is 1. The summed E-state index contributed by atoms with van der Waals surface area (Å²) in [6.07, 6.45) is 6.41. The first kappa shape index (κ1) is 3.11. The fourth-order valence-electron chi connectivity index (χ4n) is 2.06. The van der Waals surface area contributed by atoms with Crippen molar-refractivity contribution in [2.75, 3.05) is 0 Å². The molecule has 3 aliphatic carbocycles. The fourth-order valence-corrected chi connectivity index (χ4v) is 2.06. The Balaban J connectivity index is 1.95. The largest absolute Gasteiger partial charge is 0.0496 e. The van der Waals surface area contributed by atoms with Gasteiger partial charge in [0.15, 0.2) is 0 Å². The first-order valence-corrected chi connectivity index (χ1v) is 3.42. The molecule has 3 saturated carbocycles. The van der Waals surface area contributed by atoms with Gasteiger partial charge >= 0.3 is 0 Å². The third-order valence-corrected chi connectivity index (χ3v) is 3.14. The van der Waals surface area contributed by atoms with E-state index in [1.54, 1.807) is 25.7 Å². The first-order valence-electron chi connectivity index (χ1n) is 3.42. The molecule has 0 aromatic heterocycles. The van der Waals surface area contributed by atoms with Crippen molar-refractivity contribution < 1.29 is 0 Å². The molecular weight excluding hydrogens is 84.1 g/mol. The van der Waals surface area contributed by atoms with E-state index in [0.29, 0.717) is 0 Å². The summed E-state index contributed by atoms with van der Waals surface area (Å²) in [4.78, 5) is 0. The molecule has 0 nitrogen and oxygen atoms in total. The Morgan fingerprint density at radius 2 is 1.57 bits per heavy atom. The molecule has 0 bridgehead atoms. The molecular formula is C7H10. The summed E-state index contributed by atoms with van der Waals surface area (Å²) in [5, 5.41) is 0. The average Bonchev–Trinajstić information content (AvgIpc) is 2.20. The zero-order valence-corrected chi connectivity index (χ0v) is 4.48. The molecule has 0 spiro atoms. The summed E-state index contributed by atoms with van der Waals surface area (Å²) in [6.45, 7) is 0. The molecule has 0 aromatic carbocycles. The highest BCUT2D eigenvalue weighted by Crippen LogP contribution is 2.83. The van der Waals surface area contributed by atoms with Crippen molar-refractivity contribution >= 4 is 0 Å². The van der Waals surface area contributed by atoms with E-state index in [-0.39, 0.29) is 0 Å². The van der Waals surface area contributed by atoms with Crippen molar-refractivity contribution in [1.29, 1.82) is 0 Å². The summed E-state index contributed by atoms with van der Waals surface area (Å²) < 4.78 is 0. The van der Waals surface area contributed by atoms with Crippen LogP contribution in [0.15, 0.2) is 0 Å². The van der Waals surface area contributed by atoms with Crippen LogP contribution in [0, 0.1) is 17.3 Å². The zero-order chi connectivity index (χ0) is 4.48. The van der Waals surface area contributed by atoms with Gasteiger partial charge in [-0.05, 0) is 42.9 Å². The Labute approximate surface area is 43.9 Å². The maximum atomic E-state index is 1.62. The normalized spacial score (nSPS) is 64.3. The van der Waals surface area contributed by atoms with Crippen LogP contribution in [0.3, 0.4) is 0 Å². The monoisotopic (exact) mass is 94.1 g/mol. The van der Waals surface area contributed by atoms with Crippen LogP contribution in [-0.4, -0.2) is 0 Å². The predicted molar refractivity (Wildman–Crippen MR) is 27.9 cm³/mol. The van der Waals surface area contributed by atoms with Crippen molar-refractivity contribution in [3.05, 3.63) is 0 Å². The van der Waals surface area contributed by atoms with Crippen LogP contribution in [0.5, 0.6) is 0 Å². The summed E-state index contributed by atoms with van der Waals surface area (Å²) in [5.74, 6) is 2.48. The lowest BCUT2D eigenvalue weighted by Gasteiger charge is -1.93. The third-order valence-electron chi connectivity index (χ3n) is 3.14. The third kappa shape index (κ3) is 0.218. The van der Waals surface area contributed by atoms with Gasteiger partial charge < -0.3 is 0 Å². The summed E-state index contributed by atoms with van der Waals surface area (Å²) in [6, 6.07) is 0. The van der Waals surface area contributed by atoms with Gasteiger partial charge in [0.25, 0.3) is 0 Å². The van der Waals surface area contributed by atoms with E-state index < -0.39 is 0 Å². The van der Waals surface area contributed by atoms with E-state index in [2.05, 4.69) is 0 Å². The Kier molecular flexibility index (Phi) is 0.260. The molecule has 38 valence electrons. The molecule has 7 heavy (non-hydrogen) atoms. The van der Waals surface area contributed by atoms with Crippen LogP contribution in [0.25, 0.3) is 0 Å². The van der Waals surface area contributed by atoms with Crippen molar-refractivity contribution in [2.24, 2.45) is 17.3 Å². The second-order valence-electron chi connectivity index (χ2n) is 3.61. The van der Waals surface area contributed by atoms with Gasteiger partial charge in [0, 0.05) is 0 Å². The Bertz CT molecular complexity index is 116. The Hall–Kier alpha value is 0. The molecule has 0 saturated heterocycles. The number of hydrogen-bond donors (Lipinski definition) is 0. The van der Waals surface area contributed by atoms with E-state index in [1.807, 2.05) is 0 Å². The van der Waals surface area contributed by atoms with E-state index in [1.165, 1.54) is 11.8 Å². The van der Waals surface area contributed by atoms with Gasteiger partial charge in [-0.25, -0.2) is 0 Å². The van der Waals surface area contributed by atoms with Crippen molar-refractivity contribution in [3.8, 4) is 0 Å². The van der Waals surface area contributed by atoms with Crippen LogP contribution in [0.2, 0.25) is 0 Å². The van der Waals surface area contributed by atoms with Gasteiger partial charge in [-0.15, -0.1) is 0 Å². The molecule has 3 rings (SSSR count). The minimum Gasteiger partial charge on any atom is -0.0496 e. The standard InChI is InChI=1S/C7H10/c1-2-5(1)7-3-6(7)4-7/h5-6H,1-4H2. The lowest BCUT2D eigenvalue weighted by atomic mass is 10.1. The van der Waals surface area contributed by atoms with Gasteiger partial charge in [-0.2, -0.15) is 0 Å². The van der Waals surface area contributed by atoms with Crippen molar-refractivity contribution in [1.82, 2.24) is 0 Å². The molecule has 3 fully saturated rings. The molecule has 0 aromatic rings. The maximum absolute atomic E-state index is 1.62. The second kappa shape index (κ2) is 0.586. The van der Waals surface area contributed by atoms with E-state index >= 15 is 0 Å². The van der Waals surface area contributed by atoms with Crippen LogP contribution in [0.4, 0.5) is 0 Å². The zero-order valence-electron chi connectivity index (χ0n) is 4.48. The number of fused-ring (bicyclic) bond motifs is 1. The lowest BCUT2D eigenvalue weighted by molar-refractivity contribution is 0.563. The average molecular weight is 94.2 g/mol. The molecule has 0 unspecified atom stereocenters. The van der Waals surface area contributed by atoms with Crippen molar-refractivity contribution in [2.45, 2.75) is 25.7 Å².